The molecule has 0 aromatic carbocycles. The van der Waals surface area contributed by atoms with Gasteiger partial charge in [0.25, 0.3) is 0 Å². The summed E-state index contributed by atoms with van der Waals surface area (Å²) in [6.45, 7) is 4.61. The molecule has 6 heteroatoms. The summed E-state index contributed by atoms with van der Waals surface area (Å²) in [6.07, 6.45) is 2.50. The molecule has 116 valence electrons. The number of carboxylic acids is 2. The molecule has 0 saturated heterocycles. The number of nitrogens with zero attached hydrogens (tertiary/aromatic N) is 1. The fraction of sp³-hybridized carbons (Fsp3) is 0.786. The van der Waals surface area contributed by atoms with Gasteiger partial charge in [0, 0.05) is 25.9 Å². The number of carboxylic acid groups (broad SMARTS) is 2. The van der Waals surface area contributed by atoms with Crippen LogP contribution in [0.3, 0.4) is 0 Å². The molecule has 2 N–H and O–H groups in total. The highest BCUT2D eigenvalue weighted by Gasteiger charge is 2.15. The third kappa shape index (κ3) is 10.3. The van der Waals surface area contributed by atoms with Crippen LogP contribution in [-0.4, -0.2) is 46.0 Å². The molecule has 20 heavy (non-hydrogen) atoms. The molecule has 0 aliphatic rings. The number of amides is 1. The van der Waals surface area contributed by atoms with E-state index in [4.69, 9.17) is 10.2 Å². The largest absolute Gasteiger partial charge is 0.481 e. The Kier molecular flexibility index (Phi) is 9.41. The first kappa shape index (κ1) is 18.4. The Morgan fingerprint density at radius 2 is 1.50 bits per heavy atom. The normalized spacial score (nSPS) is 10.6. The Hall–Kier alpha value is -1.59. The van der Waals surface area contributed by atoms with Gasteiger partial charge >= 0.3 is 11.9 Å². The minimum Gasteiger partial charge on any atom is -0.481 e. The summed E-state index contributed by atoms with van der Waals surface area (Å²) in [5.41, 5.74) is 0. The number of aliphatic carboxylic acids is 2. The smallest absolute Gasteiger partial charge is 0.305 e. The van der Waals surface area contributed by atoms with Crippen LogP contribution < -0.4 is 0 Å². The van der Waals surface area contributed by atoms with E-state index < -0.39 is 11.9 Å². The van der Waals surface area contributed by atoms with Crippen molar-refractivity contribution in [2.24, 2.45) is 5.92 Å². The molecule has 0 atom stereocenters. The van der Waals surface area contributed by atoms with Gasteiger partial charge in [-0.15, -0.1) is 0 Å². The Morgan fingerprint density at radius 1 is 0.900 bits per heavy atom. The molecule has 0 aromatic heterocycles. The zero-order chi connectivity index (χ0) is 15.5. The number of rotatable bonds is 11. The highest BCUT2D eigenvalue weighted by molar-refractivity contribution is 5.77. The number of carbonyl (C=O) groups excluding carboxylic acids is 1. The highest BCUT2D eigenvalue weighted by Crippen LogP contribution is 2.08. The van der Waals surface area contributed by atoms with Crippen LogP contribution in [0.2, 0.25) is 0 Å². The summed E-state index contributed by atoms with van der Waals surface area (Å²) in [4.78, 5) is 34.5. The minimum atomic E-state index is -0.918. The van der Waals surface area contributed by atoms with E-state index in [9.17, 15) is 14.4 Å². The summed E-state index contributed by atoms with van der Waals surface area (Å²) in [7, 11) is 0. The van der Waals surface area contributed by atoms with E-state index >= 15 is 0 Å². The van der Waals surface area contributed by atoms with E-state index in [0.29, 0.717) is 25.8 Å². The average Bonchev–Trinajstić information content (AvgIpc) is 2.30. The van der Waals surface area contributed by atoms with E-state index in [1.165, 1.54) is 0 Å². The van der Waals surface area contributed by atoms with Crippen LogP contribution in [-0.2, 0) is 14.4 Å². The molecule has 0 spiro atoms. The number of hydrogen-bond donors (Lipinski definition) is 2. The first-order chi connectivity index (χ1) is 9.32. The maximum Gasteiger partial charge on any atom is 0.305 e. The van der Waals surface area contributed by atoms with Crippen molar-refractivity contribution in [1.82, 2.24) is 4.90 Å². The molecule has 0 rings (SSSR count). The van der Waals surface area contributed by atoms with Gasteiger partial charge in [-0.05, 0) is 18.8 Å². The topological polar surface area (TPSA) is 94.9 Å². The molecule has 0 aromatic rings. The van der Waals surface area contributed by atoms with Crippen molar-refractivity contribution >= 4 is 17.8 Å². The molecule has 0 heterocycles. The van der Waals surface area contributed by atoms with Gasteiger partial charge in [0.2, 0.25) is 5.91 Å². The molecule has 0 radical (unpaired) electrons. The number of hydrogen-bond acceptors (Lipinski definition) is 3. The number of unbranched alkanes of at least 4 members (excludes halogenated alkanes) is 2. The van der Waals surface area contributed by atoms with Crippen molar-refractivity contribution in [3.63, 3.8) is 0 Å². The fourth-order valence-electron chi connectivity index (χ4n) is 1.83. The minimum absolute atomic E-state index is 0.0283. The summed E-state index contributed by atoms with van der Waals surface area (Å²) in [5.74, 6) is -1.52. The molecule has 0 fully saturated rings. The predicted molar refractivity (Wildman–Crippen MR) is 74.4 cm³/mol. The molecular weight excluding hydrogens is 262 g/mol. The zero-order valence-electron chi connectivity index (χ0n) is 12.3. The Bertz CT molecular complexity index is 328. The van der Waals surface area contributed by atoms with E-state index in [2.05, 4.69) is 0 Å². The molecule has 0 aliphatic heterocycles. The van der Waals surface area contributed by atoms with E-state index in [1.807, 2.05) is 13.8 Å². The monoisotopic (exact) mass is 287 g/mol. The molecule has 0 saturated carbocycles. The van der Waals surface area contributed by atoms with Gasteiger partial charge in [0.15, 0.2) is 0 Å². The van der Waals surface area contributed by atoms with Crippen LogP contribution in [0.25, 0.3) is 0 Å². The molecule has 6 nitrogen and oxygen atoms in total. The maximum absolute atomic E-state index is 12.0. The SMILES string of the molecule is CC(C)CC(=O)N(CCCCCC(=O)O)CCC(=O)O. The van der Waals surface area contributed by atoms with Gasteiger partial charge in [0.05, 0.1) is 6.42 Å². The van der Waals surface area contributed by atoms with E-state index in [0.717, 1.165) is 6.42 Å². The first-order valence-electron chi connectivity index (χ1n) is 7.04. The van der Waals surface area contributed by atoms with Crippen molar-refractivity contribution in [1.29, 1.82) is 0 Å². The second-order valence-electron chi connectivity index (χ2n) is 5.33. The number of carbonyl (C=O) groups is 3. The van der Waals surface area contributed by atoms with Crippen LogP contribution >= 0.6 is 0 Å². The Morgan fingerprint density at radius 3 is 2.00 bits per heavy atom. The van der Waals surface area contributed by atoms with Gasteiger partial charge in [-0.1, -0.05) is 20.3 Å². The van der Waals surface area contributed by atoms with Crippen LogP contribution in [0.5, 0.6) is 0 Å². The van der Waals surface area contributed by atoms with Gasteiger partial charge in [0.1, 0.15) is 0 Å². The highest BCUT2D eigenvalue weighted by atomic mass is 16.4. The third-order valence-electron chi connectivity index (χ3n) is 2.85. The predicted octanol–water partition coefficient (Wildman–Crippen LogP) is 1.98. The van der Waals surface area contributed by atoms with Gasteiger partial charge in [-0.25, -0.2) is 0 Å². The lowest BCUT2D eigenvalue weighted by molar-refractivity contribution is -0.139. The van der Waals surface area contributed by atoms with Crippen molar-refractivity contribution < 1.29 is 24.6 Å². The maximum atomic E-state index is 12.0. The second kappa shape index (κ2) is 10.2. The van der Waals surface area contributed by atoms with Gasteiger partial charge in [-0.2, -0.15) is 0 Å². The summed E-state index contributed by atoms with van der Waals surface area (Å²) in [5, 5.41) is 17.2. The van der Waals surface area contributed by atoms with Gasteiger partial charge < -0.3 is 15.1 Å². The van der Waals surface area contributed by atoms with Crippen molar-refractivity contribution in [3.05, 3.63) is 0 Å². The average molecular weight is 287 g/mol. The zero-order valence-corrected chi connectivity index (χ0v) is 12.3. The van der Waals surface area contributed by atoms with Crippen LogP contribution in [0.15, 0.2) is 0 Å². The molecule has 0 bridgehead atoms. The Labute approximate surface area is 119 Å². The Balaban J connectivity index is 4.13. The van der Waals surface area contributed by atoms with Crippen molar-refractivity contribution in [3.8, 4) is 0 Å². The lowest BCUT2D eigenvalue weighted by Crippen LogP contribution is -2.34. The quantitative estimate of drug-likeness (QED) is 0.567. The summed E-state index contributed by atoms with van der Waals surface area (Å²) < 4.78 is 0. The van der Waals surface area contributed by atoms with Crippen LogP contribution in [0, 0.1) is 5.92 Å². The second-order valence-corrected chi connectivity index (χ2v) is 5.33. The molecule has 0 aliphatic carbocycles. The standard InChI is InChI=1S/C14H25NO5/c1-11(2)10-12(16)15(9-7-14(19)20)8-5-3-4-6-13(17)18/h11H,3-10H2,1-2H3,(H,17,18)(H,19,20). The molecule has 0 unspecified atom stereocenters. The summed E-state index contributed by atoms with van der Waals surface area (Å²) >= 11 is 0. The van der Waals surface area contributed by atoms with E-state index in [-0.39, 0.29) is 31.2 Å². The molecular formula is C14H25NO5. The van der Waals surface area contributed by atoms with Crippen LogP contribution in [0.1, 0.15) is 52.4 Å². The van der Waals surface area contributed by atoms with Crippen LogP contribution in [0.4, 0.5) is 0 Å². The molecule has 1 amide bonds. The fourth-order valence-corrected chi connectivity index (χ4v) is 1.83. The summed E-state index contributed by atoms with van der Waals surface area (Å²) in [6, 6.07) is 0. The van der Waals surface area contributed by atoms with E-state index in [1.54, 1.807) is 4.90 Å². The van der Waals surface area contributed by atoms with Crippen molar-refractivity contribution in [2.75, 3.05) is 13.1 Å². The first-order valence-corrected chi connectivity index (χ1v) is 7.04. The lowest BCUT2D eigenvalue weighted by Gasteiger charge is -2.23. The lowest BCUT2D eigenvalue weighted by atomic mass is 10.1. The third-order valence-corrected chi connectivity index (χ3v) is 2.85. The van der Waals surface area contributed by atoms with Gasteiger partial charge in [-0.3, -0.25) is 14.4 Å². The van der Waals surface area contributed by atoms with Crippen molar-refractivity contribution in [2.45, 2.75) is 52.4 Å².